The number of pyridine rings is 1. The Morgan fingerprint density at radius 1 is 1.26 bits per heavy atom. The van der Waals surface area contributed by atoms with Gasteiger partial charge in [-0.05, 0) is 49.1 Å². The van der Waals surface area contributed by atoms with Gasteiger partial charge in [0, 0.05) is 6.20 Å². The van der Waals surface area contributed by atoms with E-state index in [-0.39, 0.29) is 11.7 Å². The third kappa shape index (κ3) is 3.56. The van der Waals surface area contributed by atoms with Crippen LogP contribution in [0.15, 0.2) is 48.7 Å². The molecule has 2 aromatic rings. The third-order valence-electron chi connectivity index (χ3n) is 4.27. The van der Waals surface area contributed by atoms with E-state index in [1.54, 1.807) is 30.5 Å². The monoisotopic (exact) mass is 314 g/mol. The lowest BCUT2D eigenvalue weighted by atomic mass is 10.00. The van der Waals surface area contributed by atoms with Crippen LogP contribution < -0.4 is 5.32 Å². The summed E-state index contributed by atoms with van der Waals surface area (Å²) in [4.78, 5) is 16.8. The summed E-state index contributed by atoms with van der Waals surface area (Å²) in [6.45, 7) is 0. The zero-order chi connectivity index (χ0) is 16.2. The van der Waals surface area contributed by atoms with Crippen LogP contribution in [-0.4, -0.2) is 22.1 Å². The van der Waals surface area contributed by atoms with Crippen LogP contribution in [0.1, 0.15) is 36.6 Å². The predicted octanol–water partition coefficient (Wildman–Crippen LogP) is 2.59. The Balaban J connectivity index is 1.88. The molecule has 1 aliphatic carbocycles. The average Bonchev–Trinajstić information content (AvgIpc) is 2.99. The molecule has 4 nitrogen and oxygen atoms in total. The summed E-state index contributed by atoms with van der Waals surface area (Å²) in [5.41, 5.74) is 1.27. The first kappa shape index (κ1) is 15.6. The van der Waals surface area contributed by atoms with Gasteiger partial charge in [0.2, 0.25) is 5.91 Å². The fourth-order valence-electron chi connectivity index (χ4n) is 3.06. The Labute approximate surface area is 134 Å². The van der Waals surface area contributed by atoms with Crippen LogP contribution in [0.5, 0.6) is 0 Å². The highest BCUT2D eigenvalue weighted by atomic mass is 19.1. The van der Waals surface area contributed by atoms with E-state index in [2.05, 4.69) is 10.3 Å². The molecule has 1 amide bonds. The smallest absolute Gasteiger partial charge is 0.226 e. The lowest BCUT2D eigenvalue weighted by molar-refractivity contribution is -0.128. The zero-order valence-corrected chi connectivity index (χ0v) is 12.7. The summed E-state index contributed by atoms with van der Waals surface area (Å²) in [5, 5.41) is 12.8. The van der Waals surface area contributed by atoms with Gasteiger partial charge in [0.25, 0.3) is 0 Å². The molecule has 1 fully saturated rings. The number of aliphatic hydroxyl groups is 1. The molecule has 0 saturated heterocycles. The molecule has 1 heterocycles. The maximum absolute atomic E-state index is 13.6. The molecule has 5 heteroatoms. The molecule has 1 aromatic carbocycles. The molecule has 0 aliphatic heterocycles. The second-order valence-electron chi connectivity index (χ2n) is 5.86. The van der Waals surface area contributed by atoms with Crippen LogP contribution in [0.4, 0.5) is 4.39 Å². The van der Waals surface area contributed by atoms with Crippen molar-refractivity contribution in [3.05, 3.63) is 65.7 Å². The largest absolute Gasteiger partial charge is 0.392 e. The van der Waals surface area contributed by atoms with E-state index in [4.69, 9.17) is 0 Å². The van der Waals surface area contributed by atoms with Crippen molar-refractivity contribution in [2.24, 2.45) is 5.92 Å². The first-order valence-electron chi connectivity index (χ1n) is 7.80. The van der Waals surface area contributed by atoms with E-state index in [0.717, 1.165) is 6.42 Å². The molecule has 23 heavy (non-hydrogen) atoms. The van der Waals surface area contributed by atoms with E-state index in [1.165, 1.54) is 12.1 Å². The number of amides is 1. The van der Waals surface area contributed by atoms with Crippen LogP contribution in [0.25, 0.3) is 0 Å². The van der Waals surface area contributed by atoms with Crippen molar-refractivity contribution in [2.75, 3.05) is 0 Å². The van der Waals surface area contributed by atoms with Crippen molar-refractivity contribution < 1.29 is 14.3 Å². The Morgan fingerprint density at radius 2 is 2.13 bits per heavy atom. The molecule has 120 valence electrons. The quantitative estimate of drug-likeness (QED) is 0.912. The highest BCUT2D eigenvalue weighted by Crippen LogP contribution is 2.28. The standard InChI is InChI=1S/C18H19FN2O2/c19-13-6-3-5-12(11-13)17(15-8-1-2-10-20-15)21-18(23)14-7-4-9-16(14)22/h1-3,5-6,8,10-11,14,16-17,22H,4,7,9H2,(H,21,23). The number of aromatic nitrogens is 1. The van der Waals surface area contributed by atoms with Gasteiger partial charge in [0.1, 0.15) is 5.82 Å². The molecule has 3 unspecified atom stereocenters. The number of hydrogen-bond donors (Lipinski definition) is 2. The lowest BCUT2D eigenvalue weighted by Crippen LogP contribution is -2.37. The molecule has 1 aromatic heterocycles. The number of rotatable bonds is 4. The van der Waals surface area contributed by atoms with Gasteiger partial charge in [-0.15, -0.1) is 0 Å². The van der Waals surface area contributed by atoms with Crippen molar-refractivity contribution >= 4 is 5.91 Å². The first-order valence-corrected chi connectivity index (χ1v) is 7.80. The molecule has 3 rings (SSSR count). The highest BCUT2D eigenvalue weighted by molar-refractivity contribution is 5.80. The summed E-state index contributed by atoms with van der Waals surface area (Å²) in [6.07, 6.45) is 3.19. The molecule has 2 N–H and O–H groups in total. The topological polar surface area (TPSA) is 62.2 Å². The minimum atomic E-state index is -0.605. The van der Waals surface area contributed by atoms with E-state index in [1.807, 2.05) is 6.07 Å². The highest BCUT2D eigenvalue weighted by Gasteiger charge is 2.33. The summed E-state index contributed by atoms with van der Waals surface area (Å²) in [7, 11) is 0. The van der Waals surface area contributed by atoms with Gasteiger partial charge in [0.15, 0.2) is 0 Å². The van der Waals surface area contributed by atoms with Crippen molar-refractivity contribution in [1.82, 2.24) is 10.3 Å². The van der Waals surface area contributed by atoms with E-state index in [9.17, 15) is 14.3 Å². The van der Waals surface area contributed by atoms with Gasteiger partial charge < -0.3 is 10.4 Å². The molecule has 3 atom stereocenters. The second kappa shape index (κ2) is 6.87. The summed E-state index contributed by atoms with van der Waals surface area (Å²) < 4.78 is 13.6. The normalized spacial score (nSPS) is 21.8. The predicted molar refractivity (Wildman–Crippen MR) is 84.0 cm³/mol. The third-order valence-corrected chi connectivity index (χ3v) is 4.27. The fraction of sp³-hybridized carbons (Fsp3) is 0.333. The Morgan fingerprint density at radius 3 is 2.78 bits per heavy atom. The fourth-order valence-corrected chi connectivity index (χ4v) is 3.06. The second-order valence-corrected chi connectivity index (χ2v) is 5.86. The van der Waals surface area contributed by atoms with Gasteiger partial charge in [-0.25, -0.2) is 4.39 Å². The molecule has 1 aliphatic rings. The number of benzene rings is 1. The van der Waals surface area contributed by atoms with Gasteiger partial charge in [-0.3, -0.25) is 9.78 Å². The van der Waals surface area contributed by atoms with Gasteiger partial charge >= 0.3 is 0 Å². The average molecular weight is 314 g/mol. The number of halogens is 1. The summed E-state index contributed by atoms with van der Waals surface area (Å²) >= 11 is 0. The van der Waals surface area contributed by atoms with Gasteiger partial charge in [-0.1, -0.05) is 18.2 Å². The molecule has 1 saturated carbocycles. The van der Waals surface area contributed by atoms with Crippen molar-refractivity contribution in [1.29, 1.82) is 0 Å². The maximum Gasteiger partial charge on any atom is 0.226 e. The van der Waals surface area contributed by atoms with Crippen LogP contribution in [0.3, 0.4) is 0 Å². The van der Waals surface area contributed by atoms with Gasteiger partial charge in [0.05, 0.1) is 23.8 Å². The summed E-state index contributed by atoms with van der Waals surface area (Å²) in [5.74, 6) is -0.983. The lowest BCUT2D eigenvalue weighted by Gasteiger charge is -2.22. The number of carbonyl (C=O) groups excluding carboxylic acids is 1. The first-order chi connectivity index (χ1) is 11.1. The molecular formula is C18H19FN2O2. The van der Waals surface area contributed by atoms with E-state index in [0.29, 0.717) is 24.1 Å². The molecular weight excluding hydrogens is 295 g/mol. The van der Waals surface area contributed by atoms with Crippen LogP contribution in [0.2, 0.25) is 0 Å². The Bertz CT molecular complexity index is 678. The number of nitrogens with zero attached hydrogens (tertiary/aromatic N) is 1. The number of aliphatic hydroxyl groups excluding tert-OH is 1. The van der Waals surface area contributed by atoms with Crippen molar-refractivity contribution in [2.45, 2.75) is 31.4 Å². The number of carbonyl (C=O) groups is 1. The minimum absolute atomic E-state index is 0.213. The maximum atomic E-state index is 13.6. The van der Waals surface area contributed by atoms with E-state index < -0.39 is 18.1 Å². The molecule has 0 spiro atoms. The van der Waals surface area contributed by atoms with Gasteiger partial charge in [-0.2, -0.15) is 0 Å². The number of hydrogen-bond acceptors (Lipinski definition) is 3. The van der Waals surface area contributed by atoms with Crippen LogP contribution in [-0.2, 0) is 4.79 Å². The Hall–Kier alpha value is -2.27. The van der Waals surface area contributed by atoms with Crippen LogP contribution in [0, 0.1) is 11.7 Å². The molecule has 0 bridgehead atoms. The molecule has 0 radical (unpaired) electrons. The SMILES string of the molecule is O=C(NC(c1cccc(F)c1)c1ccccn1)C1CCCC1O. The van der Waals surface area contributed by atoms with E-state index >= 15 is 0 Å². The Kier molecular flexibility index (Phi) is 4.67. The van der Waals surface area contributed by atoms with Crippen LogP contribution >= 0.6 is 0 Å². The zero-order valence-electron chi connectivity index (χ0n) is 12.7. The van der Waals surface area contributed by atoms with Crippen molar-refractivity contribution in [3.63, 3.8) is 0 Å². The number of nitrogens with one attached hydrogen (secondary N) is 1. The van der Waals surface area contributed by atoms with Crippen molar-refractivity contribution in [3.8, 4) is 0 Å². The summed E-state index contributed by atoms with van der Waals surface area (Å²) in [6, 6.07) is 11.0. The minimum Gasteiger partial charge on any atom is -0.392 e.